The summed E-state index contributed by atoms with van der Waals surface area (Å²) >= 11 is 0. The van der Waals surface area contributed by atoms with E-state index in [0.717, 1.165) is 18.4 Å². The highest BCUT2D eigenvalue weighted by atomic mass is 19.3. The normalized spacial score (nSPS) is 11.6. The van der Waals surface area contributed by atoms with Crippen LogP contribution in [0.3, 0.4) is 0 Å². The third kappa shape index (κ3) is 4.06. The van der Waals surface area contributed by atoms with Crippen molar-refractivity contribution in [2.45, 2.75) is 45.5 Å². The van der Waals surface area contributed by atoms with Gasteiger partial charge in [-0.2, -0.15) is 8.78 Å². The molecule has 2 aromatic rings. The standard InChI is InChI=1S/C17H20F2N2/c1-3-4-8-11-17(18,19)16-12-15(20-13(2)21-16)14-9-6-5-7-10-14/h5-7,9-10,12H,3-4,8,11H2,1-2H3. The molecule has 0 spiro atoms. The number of benzene rings is 1. The summed E-state index contributed by atoms with van der Waals surface area (Å²) in [5.74, 6) is -2.52. The Kier molecular flexibility index (Phi) is 4.99. The van der Waals surface area contributed by atoms with E-state index in [9.17, 15) is 8.78 Å². The molecule has 2 nitrogen and oxygen atoms in total. The summed E-state index contributed by atoms with van der Waals surface area (Å²) in [6, 6.07) is 10.8. The van der Waals surface area contributed by atoms with Gasteiger partial charge in [0.1, 0.15) is 11.5 Å². The second-order valence-corrected chi connectivity index (χ2v) is 5.21. The van der Waals surface area contributed by atoms with Gasteiger partial charge < -0.3 is 0 Å². The molecule has 0 saturated heterocycles. The zero-order chi connectivity index (χ0) is 15.3. The molecule has 0 bridgehead atoms. The van der Waals surface area contributed by atoms with Crippen LogP contribution in [0.5, 0.6) is 0 Å². The molecular weight excluding hydrogens is 270 g/mol. The summed E-state index contributed by atoms with van der Waals surface area (Å²) in [5.41, 5.74) is 1.20. The van der Waals surface area contributed by atoms with E-state index in [-0.39, 0.29) is 12.1 Å². The smallest absolute Gasteiger partial charge is 0.233 e. The van der Waals surface area contributed by atoms with Crippen LogP contribution in [0.25, 0.3) is 11.3 Å². The van der Waals surface area contributed by atoms with E-state index in [0.29, 0.717) is 17.9 Å². The molecule has 0 aliphatic carbocycles. The molecule has 0 N–H and O–H groups in total. The van der Waals surface area contributed by atoms with Gasteiger partial charge in [-0.3, -0.25) is 0 Å². The molecule has 1 aromatic heterocycles. The monoisotopic (exact) mass is 290 g/mol. The number of rotatable bonds is 6. The van der Waals surface area contributed by atoms with Gasteiger partial charge in [-0.05, 0) is 19.4 Å². The zero-order valence-corrected chi connectivity index (χ0v) is 12.4. The lowest BCUT2D eigenvalue weighted by Gasteiger charge is -2.17. The summed E-state index contributed by atoms with van der Waals surface area (Å²) < 4.78 is 28.5. The van der Waals surface area contributed by atoms with Crippen molar-refractivity contribution < 1.29 is 8.78 Å². The summed E-state index contributed by atoms with van der Waals surface area (Å²) in [5, 5.41) is 0. The first-order valence-electron chi connectivity index (χ1n) is 7.32. The van der Waals surface area contributed by atoms with Crippen molar-refractivity contribution >= 4 is 0 Å². The fraction of sp³-hybridized carbons (Fsp3) is 0.412. The van der Waals surface area contributed by atoms with E-state index in [2.05, 4.69) is 9.97 Å². The Hall–Kier alpha value is -1.84. The van der Waals surface area contributed by atoms with E-state index in [1.54, 1.807) is 6.92 Å². The highest BCUT2D eigenvalue weighted by Crippen LogP contribution is 2.34. The first-order chi connectivity index (χ1) is 10.0. The number of halogens is 2. The van der Waals surface area contributed by atoms with Crippen LogP contribution >= 0.6 is 0 Å². The van der Waals surface area contributed by atoms with Crippen molar-refractivity contribution in [2.75, 3.05) is 0 Å². The number of alkyl halides is 2. The van der Waals surface area contributed by atoms with Crippen LogP contribution in [0.15, 0.2) is 36.4 Å². The fourth-order valence-corrected chi connectivity index (χ4v) is 2.24. The summed E-state index contributed by atoms with van der Waals surface area (Å²) in [4.78, 5) is 8.22. The number of hydrogen-bond donors (Lipinski definition) is 0. The first kappa shape index (κ1) is 15.5. The molecular formula is C17H20F2N2. The minimum Gasteiger partial charge on any atom is -0.233 e. The maximum absolute atomic E-state index is 14.3. The molecule has 0 amide bonds. The third-order valence-electron chi connectivity index (χ3n) is 3.38. The molecule has 0 atom stereocenters. The molecule has 0 saturated carbocycles. The number of hydrogen-bond acceptors (Lipinski definition) is 2. The van der Waals surface area contributed by atoms with Gasteiger partial charge in [0.25, 0.3) is 5.92 Å². The van der Waals surface area contributed by atoms with Crippen LogP contribution in [0.1, 0.15) is 44.1 Å². The lowest BCUT2D eigenvalue weighted by Crippen LogP contribution is -2.16. The average Bonchev–Trinajstić information content (AvgIpc) is 2.48. The lowest BCUT2D eigenvalue weighted by molar-refractivity contribution is -0.0203. The SMILES string of the molecule is CCCCCC(F)(F)c1cc(-c2ccccc2)nc(C)n1. The Morgan fingerprint density at radius 1 is 1.05 bits per heavy atom. The van der Waals surface area contributed by atoms with Gasteiger partial charge in [0, 0.05) is 12.0 Å². The summed E-state index contributed by atoms with van der Waals surface area (Å²) in [6.45, 7) is 3.65. The molecule has 1 heterocycles. The largest absolute Gasteiger partial charge is 0.289 e. The highest BCUT2D eigenvalue weighted by Gasteiger charge is 2.33. The number of nitrogens with zero attached hydrogens (tertiary/aromatic N) is 2. The lowest BCUT2D eigenvalue weighted by atomic mass is 10.0. The van der Waals surface area contributed by atoms with E-state index in [1.165, 1.54) is 6.07 Å². The Morgan fingerprint density at radius 3 is 2.43 bits per heavy atom. The fourth-order valence-electron chi connectivity index (χ4n) is 2.24. The van der Waals surface area contributed by atoms with Gasteiger partial charge in [-0.15, -0.1) is 0 Å². The zero-order valence-electron chi connectivity index (χ0n) is 12.4. The van der Waals surface area contributed by atoms with Gasteiger partial charge in [0.15, 0.2) is 0 Å². The van der Waals surface area contributed by atoms with Gasteiger partial charge in [-0.1, -0.05) is 50.1 Å². The van der Waals surface area contributed by atoms with Crippen molar-refractivity contribution in [1.29, 1.82) is 0 Å². The van der Waals surface area contributed by atoms with Crippen LogP contribution in [0.2, 0.25) is 0 Å². The molecule has 0 aliphatic heterocycles. The topological polar surface area (TPSA) is 25.8 Å². The molecule has 0 unspecified atom stereocenters. The Bertz CT molecular complexity index is 583. The average molecular weight is 290 g/mol. The minimum absolute atomic E-state index is 0.161. The molecule has 21 heavy (non-hydrogen) atoms. The quantitative estimate of drug-likeness (QED) is 0.690. The van der Waals surface area contributed by atoms with Crippen LogP contribution in [0.4, 0.5) is 8.78 Å². The van der Waals surface area contributed by atoms with Crippen molar-refractivity contribution in [3.05, 3.63) is 47.9 Å². The maximum Gasteiger partial charge on any atom is 0.289 e. The molecule has 2 rings (SSSR count). The molecule has 112 valence electrons. The predicted molar refractivity (Wildman–Crippen MR) is 80.2 cm³/mol. The van der Waals surface area contributed by atoms with E-state index in [4.69, 9.17) is 0 Å². The van der Waals surface area contributed by atoms with Crippen LogP contribution < -0.4 is 0 Å². The molecule has 1 aromatic carbocycles. The summed E-state index contributed by atoms with van der Waals surface area (Å²) in [6.07, 6.45) is 2.08. The second-order valence-electron chi connectivity index (χ2n) is 5.21. The molecule has 4 heteroatoms. The second kappa shape index (κ2) is 6.74. The van der Waals surface area contributed by atoms with Crippen LogP contribution in [-0.4, -0.2) is 9.97 Å². The van der Waals surface area contributed by atoms with Gasteiger partial charge >= 0.3 is 0 Å². The first-order valence-corrected chi connectivity index (χ1v) is 7.32. The molecule has 0 fully saturated rings. The Balaban J connectivity index is 2.30. The third-order valence-corrected chi connectivity index (χ3v) is 3.38. The van der Waals surface area contributed by atoms with Gasteiger partial charge in [-0.25, -0.2) is 9.97 Å². The number of unbranched alkanes of at least 4 members (excludes halogenated alkanes) is 2. The Morgan fingerprint density at radius 2 is 1.76 bits per heavy atom. The minimum atomic E-state index is -2.90. The van der Waals surface area contributed by atoms with Crippen molar-refractivity contribution in [2.24, 2.45) is 0 Å². The number of aryl methyl sites for hydroxylation is 1. The number of aromatic nitrogens is 2. The maximum atomic E-state index is 14.3. The van der Waals surface area contributed by atoms with Crippen molar-refractivity contribution in [3.63, 3.8) is 0 Å². The van der Waals surface area contributed by atoms with Crippen molar-refractivity contribution in [3.8, 4) is 11.3 Å². The van der Waals surface area contributed by atoms with E-state index < -0.39 is 5.92 Å². The van der Waals surface area contributed by atoms with Crippen LogP contribution in [-0.2, 0) is 5.92 Å². The van der Waals surface area contributed by atoms with Gasteiger partial charge in [0.05, 0.1) is 5.69 Å². The van der Waals surface area contributed by atoms with Gasteiger partial charge in [0.2, 0.25) is 0 Å². The Labute approximate surface area is 124 Å². The predicted octanol–water partition coefficient (Wildman–Crippen LogP) is 5.12. The molecule has 0 radical (unpaired) electrons. The van der Waals surface area contributed by atoms with E-state index >= 15 is 0 Å². The summed E-state index contributed by atoms with van der Waals surface area (Å²) in [7, 11) is 0. The van der Waals surface area contributed by atoms with Crippen LogP contribution in [0, 0.1) is 6.92 Å². The molecule has 0 aliphatic rings. The highest BCUT2D eigenvalue weighted by molar-refractivity contribution is 5.59. The van der Waals surface area contributed by atoms with Crippen molar-refractivity contribution in [1.82, 2.24) is 9.97 Å². The van der Waals surface area contributed by atoms with E-state index in [1.807, 2.05) is 37.3 Å².